The van der Waals surface area contributed by atoms with Crippen LogP contribution in [0.25, 0.3) is 6.08 Å². The highest BCUT2D eigenvalue weighted by Gasteiger charge is 2.26. The van der Waals surface area contributed by atoms with Crippen LogP contribution in [0.3, 0.4) is 0 Å². The van der Waals surface area contributed by atoms with Crippen molar-refractivity contribution in [2.45, 2.75) is 33.8 Å². The molecule has 8 nitrogen and oxygen atoms in total. The minimum absolute atomic E-state index is 0.0102. The van der Waals surface area contributed by atoms with Gasteiger partial charge in [0.25, 0.3) is 5.69 Å². The van der Waals surface area contributed by atoms with Crippen molar-refractivity contribution in [1.82, 2.24) is 0 Å². The Hall–Kier alpha value is -3.68. The number of aryl methyl sites for hydroxylation is 1. The van der Waals surface area contributed by atoms with Gasteiger partial charge in [-0.2, -0.15) is 0 Å². The van der Waals surface area contributed by atoms with E-state index in [0.29, 0.717) is 34.8 Å². The van der Waals surface area contributed by atoms with Crippen molar-refractivity contribution in [3.05, 3.63) is 68.9 Å². The van der Waals surface area contributed by atoms with E-state index in [1.807, 2.05) is 20.8 Å². The maximum absolute atomic E-state index is 12.3. The van der Waals surface area contributed by atoms with Crippen molar-refractivity contribution < 1.29 is 23.9 Å². The fourth-order valence-electron chi connectivity index (χ4n) is 2.86. The average molecular weight is 410 g/mol. The van der Waals surface area contributed by atoms with Gasteiger partial charge in [-0.15, -0.1) is 0 Å². The summed E-state index contributed by atoms with van der Waals surface area (Å²) < 4.78 is 16.6. The van der Waals surface area contributed by atoms with E-state index < -0.39 is 10.9 Å². The molecule has 3 rings (SSSR count). The summed E-state index contributed by atoms with van der Waals surface area (Å²) in [5, 5.41) is 11.2. The molecule has 2 aromatic carbocycles. The molecule has 0 N–H and O–H groups in total. The Kier molecular flexibility index (Phi) is 6.15. The van der Waals surface area contributed by atoms with Gasteiger partial charge in [-0.25, -0.2) is 9.79 Å². The molecule has 0 bridgehead atoms. The number of carbonyl (C=O) groups excluding carboxylic acids is 1. The van der Waals surface area contributed by atoms with Crippen LogP contribution in [0, 0.1) is 17.0 Å². The van der Waals surface area contributed by atoms with Crippen LogP contribution in [0.4, 0.5) is 5.69 Å². The zero-order valence-corrected chi connectivity index (χ0v) is 17.2. The van der Waals surface area contributed by atoms with Crippen molar-refractivity contribution in [3.63, 3.8) is 0 Å². The number of benzene rings is 2. The normalized spacial score (nSPS) is 14.6. The lowest BCUT2D eigenvalue weighted by Crippen LogP contribution is -2.07. The summed E-state index contributed by atoms with van der Waals surface area (Å²) in [5.41, 5.74) is 1.58. The van der Waals surface area contributed by atoms with E-state index in [4.69, 9.17) is 14.2 Å². The number of ether oxygens (including phenoxy) is 3. The molecule has 0 saturated heterocycles. The number of hydrogen-bond acceptors (Lipinski definition) is 7. The molecule has 0 amide bonds. The van der Waals surface area contributed by atoms with E-state index in [9.17, 15) is 14.9 Å². The highest BCUT2D eigenvalue weighted by atomic mass is 16.6. The SMILES string of the molecule is CCOc1cc(/C=C2\N=C(c3ccc(C)c([N+](=O)[O-])c3)OC2=O)ccc1OC(C)C. The second kappa shape index (κ2) is 8.77. The molecule has 0 fully saturated rings. The first kappa shape index (κ1) is 21.0. The minimum atomic E-state index is -0.631. The zero-order chi connectivity index (χ0) is 21.8. The summed E-state index contributed by atoms with van der Waals surface area (Å²) in [6, 6.07) is 9.87. The van der Waals surface area contributed by atoms with E-state index in [-0.39, 0.29) is 23.4 Å². The van der Waals surface area contributed by atoms with Crippen molar-refractivity contribution in [1.29, 1.82) is 0 Å². The van der Waals surface area contributed by atoms with Crippen molar-refractivity contribution >= 4 is 23.6 Å². The number of nitro groups is 1. The number of nitro benzene ring substituents is 1. The molecule has 0 spiro atoms. The van der Waals surface area contributed by atoms with Gasteiger partial charge < -0.3 is 14.2 Å². The maximum atomic E-state index is 12.3. The molecule has 0 aliphatic carbocycles. The van der Waals surface area contributed by atoms with Gasteiger partial charge in [-0.1, -0.05) is 12.1 Å². The number of cyclic esters (lactones) is 1. The number of carbonyl (C=O) groups is 1. The van der Waals surface area contributed by atoms with E-state index >= 15 is 0 Å². The lowest BCUT2D eigenvalue weighted by Gasteiger charge is -2.14. The van der Waals surface area contributed by atoms with Gasteiger partial charge in [0.05, 0.1) is 17.6 Å². The lowest BCUT2D eigenvalue weighted by atomic mass is 10.1. The van der Waals surface area contributed by atoms with Gasteiger partial charge in [0, 0.05) is 17.2 Å². The molecule has 0 unspecified atom stereocenters. The number of rotatable bonds is 7. The average Bonchev–Trinajstić information content (AvgIpc) is 3.04. The van der Waals surface area contributed by atoms with E-state index in [2.05, 4.69) is 4.99 Å². The molecular formula is C22H22N2O6. The van der Waals surface area contributed by atoms with Crippen LogP contribution >= 0.6 is 0 Å². The van der Waals surface area contributed by atoms with Gasteiger partial charge in [-0.05, 0) is 57.5 Å². The predicted octanol–water partition coefficient (Wildman–Crippen LogP) is 4.43. The Balaban J connectivity index is 1.93. The molecule has 1 heterocycles. The molecule has 0 saturated carbocycles. The van der Waals surface area contributed by atoms with Crippen molar-refractivity contribution in [3.8, 4) is 11.5 Å². The molecule has 156 valence electrons. The molecule has 0 atom stereocenters. The van der Waals surface area contributed by atoms with Crippen LogP contribution in [-0.4, -0.2) is 29.5 Å². The third kappa shape index (κ3) is 4.65. The first-order valence-electron chi connectivity index (χ1n) is 9.50. The summed E-state index contributed by atoms with van der Waals surface area (Å²) in [5.74, 6) is 0.567. The van der Waals surface area contributed by atoms with Gasteiger partial charge in [0.1, 0.15) is 0 Å². The largest absolute Gasteiger partial charge is 0.490 e. The quantitative estimate of drug-likeness (QED) is 0.290. The molecule has 1 aliphatic heterocycles. The van der Waals surface area contributed by atoms with Crippen molar-refractivity contribution in [2.75, 3.05) is 6.61 Å². The Morgan fingerprint density at radius 3 is 2.63 bits per heavy atom. The van der Waals surface area contributed by atoms with Crippen LogP contribution in [0.1, 0.15) is 37.5 Å². The van der Waals surface area contributed by atoms with Gasteiger partial charge in [0.15, 0.2) is 17.2 Å². The molecule has 2 aromatic rings. The lowest BCUT2D eigenvalue weighted by molar-refractivity contribution is -0.385. The summed E-state index contributed by atoms with van der Waals surface area (Å²) in [6.45, 7) is 7.82. The van der Waals surface area contributed by atoms with Crippen LogP contribution in [-0.2, 0) is 9.53 Å². The Morgan fingerprint density at radius 1 is 1.20 bits per heavy atom. The first-order valence-corrected chi connectivity index (χ1v) is 9.50. The van der Waals surface area contributed by atoms with E-state index in [0.717, 1.165) is 0 Å². The molecule has 1 aliphatic rings. The maximum Gasteiger partial charge on any atom is 0.363 e. The molecular weight excluding hydrogens is 388 g/mol. The molecule has 8 heteroatoms. The van der Waals surface area contributed by atoms with Crippen molar-refractivity contribution in [2.24, 2.45) is 4.99 Å². The van der Waals surface area contributed by atoms with Gasteiger partial charge >= 0.3 is 5.97 Å². The molecule has 0 radical (unpaired) electrons. The number of hydrogen-bond donors (Lipinski definition) is 0. The topological polar surface area (TPSA) is 100 Å². The van der Waals surface area contributed by atoms with Crippen LogP contribution in [0.15, 0.2) is 47.1 Å². The number of nitrogens with zero attached hydrogens (tertiary/aromatic N) is 2. The second-order valence-electron chi connectivity index (χ2n) is 6.90. The molecule has 30 heavy (non-hydrogen) atoms. The minimum Gasteiger partial charge on any atom is -0.490 e. The third-order valence-electron chi connectivity index (χ3n) is 4.21. The smallest absolute Gasteiger partial charge is 0.363 e. The predicted molar refractivity (Wildman–Crippen MR) is 112 cm³/mol. The monoisotopic (exact) mass is 410 g/mol. The standard InChI is InChI=1S/C22H22N2O6/c1-5-28-20-11-15(7-9-19(20)29-13(2)3)10-17-22(25)30-21(23-17)16-8-6-14(4)18(12-16)24(26)27/h6-13H,5H2,1-4H3/b17-10-. The highest BCUT2D eigenvalue weighted by molar-refractivity contribution is 6.13. The fraction of sp³-hybridized carbons (Fsp3) is 0.273. The van der Waals surface area contributed by atoms with Crippen LogP contribution in [0.5, 0.6) is 11.5 Å². The summed E-state index contributed by atoms with van der Waals surface area (Å²) in [6.07, 6.45) is 1.56. The third-order valence-corrected chi connectivity index (χ3v) is 4.21. The van der Waals surface area contributed by atoms with Gasteiger partial charge in [-0.3, -0.25) is 10.1 Å². The summed E-state index contributed by atoms with van der Waals surface area (Å²) in [7, 11) is 0. The zero-order valence-electron chi connectivity index (χ0n) is 17.2. The number of esters is 1. The Labute approximate surface area is 173 Å². The first-order chi connectivity index (χ1) is 14.3. The molecule has 0 aromatic heterocycles. The summed E-state index contributed by atoms with van der Waals surface area (Å²) >= 11 is 0. The van der Waals surface area contributed by atoms with E-state index in [1.165, 1.54) is 6.07 Å². The fourth-order valence-corrected chi connectivity index (χ4v) is 2.86. The highest BCUT2D eigenvalue weighted by Crippen LogP contribution is 2.31. The number of aliphatic imine (C=N–C) groups is 1. The van der Waals surface area contributed by atoms with Crippen LogP contribution in [0.2, 0.25) is 0 Å². The second-order valence-corrected chi connectivity index (χ2v) is 6.90. The summed E-state index contributed by atoms with van der Waals surface area (Å²) in [4.78, 5) is 27.2. The van der Waals surface area contributed by atoms with Gasteiger partial charge in [0.2, 0.25) is 5.90 Å². The Bertz CT molecular complexity index is 1060. The Morgan fingerprint density at radius 2 is 1.97 bits per heavy atom. The van der Waals surface area contributed by atoms with E-state index in [1.54, 1.807) is 43.3 Å². The van der Waals surface area contributed by atoms with Crippen LogP contribution < -0.4 is 9.47 Å².